The molecule has 152 valence electrons. The Morgan fingerprint density at radius 2 is 1.90 bits per heavy atom. The van der Waals surface area contributed by atoms with Gasteiger partial charge in [0.15, 0.2) is 11.1 Å². The summed E-state index contributed by atoms with van der Waals surface area (Å²) < 4.78 is 11.5. The van der Waals surface area contributed by atoms with Crippen LogP contribution >= 0.6 is 0 Å². The van der Waals surface area contributed by atoms with Crippen molar-refractivity contribution in [2.75, 3.05) is 43.9 Å². The minimum absolute atomic E-state index is 0.202. The Labute approximate surface area is 173 Å². The number of methoxy groups -OCH3 is 1. The van der Waals surface area contributed by atoms with Gasteiger partial charge in [-0.1, -0.05) is 18.2 Å². The molecule has 3 heterocycles. The summed E-state index contributed by atoms with van der Waals surface area (Å²) >= 11 is 0. The van der Waals surface area contributed by atoms with Crippen molar-refractivity contribution in [2.45, 2.75) is 0 Å². The summed E-state index contributed by atoms with van der Waals surface area (Å²) in [6.45, 7) is 3.92. The van der Waals surface area contributed by atoms with Crippen LogP contribution in [0.25, 0.3) is 33.2 Å². The zero-order valence-corrected chi connectivity index (χ0v) is 16.6. The van der Waals surface area contributed by atoms with Crippen LogP contribution < -0.4 is 26.1 Å². The quantitative estimate of drug-likeness (QED) is 0.509. The molecule has 1 fully saturated rings. The summed E-state index contributed by atoms with van der Waals surface area (Å²) in [5.74, 6) is 0.722. The number of nitrogens with zero attached hydrogens (tertiary/aromatic N) is 2. The number of anilines is 2. The highest BCUT2D eigenvalue weighted by molar-refractivity contribution is 5.98. The van der Waals surface area contributed by atoms with Gasteiger partial charge in [0.05, 0.1) is 7.11 Å². The zero-order chi connectivity index (χ0) is 20.7. The smallest absolute Gasteiger partial charge is 0.222 e. The first kappa shape index (κ1) is 18.4. The number of nitrogens with two attached hydrogens (primary N) is 1. The molecule has 1 aliphatic rings. The SMILES string of the molecule is COc1cccc2oc3c(-c4ccc(N5CCNCC5)cc4)cc(N)nc3c(=O)c12. The van der Waals surface area contributed by atoms with Crippen LogP contribution in [0.15, 0.2) is 57.7 Å². The molecule has 2 aromatic carbocycles. The molecule has 4 aromatic rings. The molecule has 7 heteroatoms. The van der Waals surface area contributed by atoms with Crippen LogP contribution in [-0.2, 0) is 0 Å². The van der Waals surface area contributed by atoms with E-state index in [9.17, 15) is 4.79 Å². The number of benzene rings is 2. The standard InChI is InChI=1S/C23H22N4O3/c1-29-17-3-2-4-18-20(17)22(28)21-23(30-18)16(13-19(24)26-21)14-5-7-15(8-6-14)27-11-9-25-10-12-27/h2-8,13,25H,9-12H2,1H3,(H2,24,26). The van der Waals surface area contributed by atoms with Gasteiger partial charge in [-0.2, -0.15) is 0 Å². The molecule has 3 N–H and O–H groups in total. The second-order valence-electron chi connectivity index (χ2n) is 7.32. The van der Waals surface area contributed by atoms with Crippen molar-refractivity contribution in [3.63, 3.8) is 0 Å². The molecule has 1 saturated heterocycles. The van der Waals surface area contributed by atoms with Crippen LogP contribution in [0.4, 0.5) is 11.5 Å². The summed E-state index contributed by atoms with van der Waals surface area (Å²) in [4.78, 5) is 19.8. The number of hydrogen-bond acceptors (Lipinski definition) is 7. The van der Waals surface area contributed by atoms with Gasteiger partial charge in [0.25, 0.3) is 0 Å². The first-order chi connectivity index (χ1) is 14.7. The Morgan fingerprint density at radius 3 is 2.63 bits per heavy atom. The van der Waals surface area contributed by atoms with Gasteiger partial charge in [0, 0.05) is 37.4 Å². The van der Waals surface area contributed by atoms with E-state index < -0.39 is 0 Å². The Morgan fingerprint density at radius 1 is 1.13 bits per heavy atom. The highest BCUT2D eigenvalue weighted by atomic mass is 16.5. The number of aromatic nitrogens is 1. The predicted octanol–water partition coefficient (Wildman–Crippen LogP) is 3.01. The third kappa shape index (κ3) is 3.04. The summed E-state index contributed by atoms with van der Waals surface area (Å²) in [5.41, 5.74) is 9.70. The summed E-state index contributed by atoms with van der Waals surface area (Å²) in [6.07, 6.45) is 0. The highest BCUT2D eigenvalue weighted by Crippen LogP contribution is 2.33. The summed E-state index contributed by atoms with van der Waals surface area (Å²) in [7, 11) is 1.52. The molecule has 0 spiro atoms. The van der Waals surface area contributed by atoms with E-state index >= 15 is 0 Å². The van der Waals surface area contributed by atoms with E-state index in [1.807, 2.05) is 12.1 Å². The fourth-order valence-corrected chi connectivity index (χ4v) is 4.02. The van der Waals surface area contributed by atoms with Crippen molar-refractivity contribution < 1.29 is 9.15 Å². The van der Waals surface area contributed by atoms with Gasteiger partial charge in [-0.3, -0.25) is 4.79 Å². The molecule has 0 atom stereocenters. The lowest BCUT2D eigenvalue weighted by Gasteiger charge is -2.29. The monoisotopic (exact) mass is 402 g/mol. The van der Waals surface area contributed by atoms with E-state index in [1.54, 1.807) is 24.3 Å². The minimum atomic E-state index is -0.255. The number of hydrogen-bond donors (Lipinski definition) is 2. The van der Waals surface area contributed by atoms with Crippen LogP contribution in [0.5, 0.6) is 5.75 Å². The molecule has 0 amide bonds. The Balaban J connectivity index is 1.68. The predicted molar refractivity (Wildman–Crippen MR) is 119 cm³/mol. The molecule has 5 rings (SSSR count). The largest absolute Gasteiger partial charge is 0.496 e. The average Bonchev–Trinajstić information content (AvgIpc) is 2.79. The molecule has 0 radical (unpaired) electrons. The number of nitrogens with one attached hydrogen (secondary N) is 1. The van der Waals surface area contributed by atoms with E-state index in [-0.39, 0.29) is 16.8 Å². The number of ether oxygens (including phenoxy) is 1. The highest BCUT2D eigenvalue weighted by Gasteiger charge is 2.18. The van der Waals surface area contributed by atoms with E-state index in [4.69, 9.17) is 14.9 Å². The van der Waals surface area contributed by atoms with Gasteiger partial charge < -0.3 is 25.1 Å². The van der Waals surface area contributed by atoms with Crippen molar-refractivity contribution in [3.05, 3.63) is 58.8 Å². The van der Waals surface area contributed by atoms with Gasteiger partial charge in [0.1, 0.15) is 22.5 Å². The maximum Gasteiger partial charge on any atom is 0.222 e. The van der Waals surface area contributed by atoms with Crippen molar-refractivity contribution in [2.24, 2.45) is 0 Å². The molecular formula is C23H22N4O3. The Hall–Kier alpha value is -3.58. The maximum atomic E-state index is 13.2. The molecule has 7 nitrogen and oxygen atoms in total. The molecule has 0 aliphatic carbocycles. The van der Waals surface area contributed by atoms with Crippen molar-refractivity contribution >= 4 is 33.6 Å². The van der Waals surface area contributed by atoms with Gasteiger partial charge >= 0.3 is 0 Å². The van der Waals surface area contributed by atoms with Crippen molar-refractivity contribution in [3.8, 4) is 16.9 Å². The summed E-state index contributed by atoms with van der Waals surface area (Å²) in [6, 6.07) is 15.3. The fourth-order valence-electron chi connectivity index (χ4n) is 4.02. The van der Waals surface area contributed by atoms with Crippen LogP contribution in [0.1, 0.15) is 0 Å². The minimum Gasteiger partial charge on any atom is -0.496 e. The van der Waals surface area contributed by atoms with E-state index in [2.05, 4.69) is 27.3 Å². The van der Waals surface area contributed by atoms with Gasteiger partial charge in [0.2, 0.25) is 5.43 Å². The molecular weight excluding hydrogens is 380 g/mol. The first-order valence-electron chi connectivity index (χ1n) is 9.92. The number of fused-ring (bicyclic) bond motifs is 2. The van der Waals surface area contributed by atoms with E-state index in [0.717, 1.165) is 37.3 Å². The number of piperazine rings is 1. The number of nitrogen functional groups attached to an aromatic ring is 1. The van der Waals surface area contributed by atoms with Crippen LogP contribution in [0.2, 0.25) is 0 Å². The molecule has 0 bridgehead atoms. The third-order valence-corrected chi connectivity index (χ3v) is 5.52. The van der Waals surface area contributed by atoms with Crippen LogP contribution in [-0.4, -0.2) is 38.3 Å². The number of pyridine rings is 1. The van der Waals surface area contributed by atoms with E-state index in [1.165, 1.54) is 12.8 Å². The van der Waals surface area contributed by atoms with Crippen molar-refractivity contribution in [1.82, 2.24) is 10.3 Å². The first-order valence-corrected chi connectivity index (χ1v) is 9.92. The molecule has 0 saturated carbocycles. The van der Waals surface area contributed by atoms with Crippen LogP contribution in [0, 0.1) is 0 Å². The topological polar surface area (TPSA) is 93.6 Å². The Kier molecular flexibility index (Phi) is 4.52. The third-order valence-electron chi connectivity index (χ3n) is 5.52. The molecule has 0 unspecified atom stereocenters. The Bertz CT molecular complexity index is 1290. The lowest BCUT2D eigenvalue weighted by Crippen LogP contribution is -2.43. The molecule has 30 heavy (non-hydrogen) atoms. The van der Waals surface area contributed by atoms with Crippen molar-refractivity contribution in [1.29, 1.82) is 0 Å². The lowest BCUT2D eigenvalue weighted by atomic mass is 10.0. The summed E-state index contributed by atoms with van der Waals surface area (Å²) in [5, 5.41) is 3.73. The average molecular weight is 402 g/mol. The second kappa shape index (κ2) is 7.35. The molecule has 2 aromatic heterocycles. The number of rotatable bonds is 3. The normalized spacial score (nSPS) is 14.4. The van der Waals surface area contributed by atoms with Crippen LogP contribution in [0.3, 0.4) is 0 Å². The van der Waals surface area contributed by atoms with Gasteiger partial charge in [-0.25, -0.2) is 4.98 Å². The molecule has 1 aliphatic heterocycles. The lowest BCUT2D eigenvalue weighted by molar-refractivity contribution is 0.419. The zero-order valence-electron chi connectivity index (χ0n) is 16.6. The second-order valence-corrected chi connectivity index (χ2v) is 7.32. The van der Waals surface area contributed by atoms with E-state index in [0.29, 0.717) is 22.3 Å². The van der Waals surface area contributed by atoms with Gasteiger partial charge in [-0.15, -0.1) is 0 Å². The maximum absolute atomic E-state index is 13.2. The van der Waals surface area contributed by atoms with Gasteiger partial charge in [-0.05, 0) is 35.9 Å². The fraction of sp³-hybridized carbons (Fsp3) is 0.217.